The van der Waals surface area contributed by atoms with Crippen LogP contribution in [0.25, 0.3) is 0 Å². The molecule has 0 saturated heterocycles. The van der Waals surface area contributed by atoms with E-state index in [9.17, 15) is 4.79 Å². The van der Waals surface area contributed by atoms with Crippen LogP contribution in [0, 0.1) is 6.92 Å². The lowest BCUT2D eigenvalue weighted by atomic mass is 10.1. The number of carbonyl (C=O) groups excluding carboxylic acids is 1. The first-order valence-corrected chi connectivity index (χ1v) is 7.38. The standard InChI is InChI=1S/C17H22N4O/c1-5-14(15-8-6-12(2)10-18-15)20-16-9-7-13(11-19-16)17(22)21(3)4/h6-11,14H,5H2,1-4H3,(H,19,20). The summed E-state index contributed by atoms with van der Waals surface area (Å²) >= 11 is 0. The number of pyridine rings is 2. The summed E-state index contributed by atoms with van der Waals surface area (Å²) in [5.74, 6) is 0.691. The largest absolute Gasteiger partial charge is 0.362 e. The van der Waals surface area contributed by atoms with Crippen molar-refractivity contribution in [1.82, 2.24) is 14.9 Å². The van der Waals surface area contributed by atoms with Crippen LogP contribution in [-0.2, 0) is 0 Å². The van der Waals surface area contributed by atoms with Crippen LogP contribution in [0.5, 0.6) is 0 Å². The number of carbonyl (C=O) groups is 1. The lowest BCUT2D eigenvalue weighted by molar-refractivity contribution is 0.0827. The number of nitrogens with zero attached hydrogens (tertiary/aromatic N) is 3. The first-order valence-electron chi connectivity index (χ1n) is 7.38. The van der Waals surface area contributed by atoms with E-state index in [0.717, 1.165) is 23.5 Å². The summed E-state index contributed by atoms with van der Waals surface area (Å²) in [7, 11) is 3.45. The Morgan fingerprint density at radius 3 is 2.45 bits per heavy atom. The van der Waals surface area contributed by atoms with Crippen molar-refractivity contribution in [2.24, 2.45) is 0 Å². The second-order valence-electron chi connectivity index (χ2n) is 5.50. The van der Waals surface area contributed by atoms with Crippen LogP contribution in [0.2, 0.25) is 0 Å². The van der Waals surface area contributed by atoms with Gasteiger partial charge in [-0.05, 0) is 37.1 Å². The molecule has 5 nitrogen and oxygen atoms in total. The van der Waals surface area contributed by atoms with Crippen molar-refractivity contribution in [3.8, 4) is 0 Å². The maximum atomic E-state index is 11.8. The number of hydrogen-bond donors (Lipinski definition) is 1. The fourth-order valence-electron chi connectivity index (χ4n) is 2.11. The molecule has 0 aliphatic rings. The van der Waals surface area contributed by atoms with Gasteiger partial charge in [-0.2, -0.15) is 0 Å². The number of nitrogens with one attached hydrogen (secondary N) is 1. The normalized spacial score (nSPS) is 11.8. The third-order valence-electron chi connectivity index (χ3n) is 3.44. The van der Waals surface area contributed by atoms with E-state index in [1.807, 2.05) is 25.3 Å². The van der Waals surface area contributed by atoms with E-state index < -0.39 is 0 Å². The zero-order valence-corrected chi connectivity index (χ0v) is 13.5. The molecule has 1 amide bonds. The summed E-state index contributed by atoms with van der Waals surface area (Å²) in [5, 5.41) is 3.36. The van der Waals surface area contributed by atoms with Crippen molar-refractivity contribution in [3.05, 3.63) is 53.5 Å². The van der Waals surface area contributed by atoms with Crippen LogP contribution in [0.15, 0.2) is 36.7 Å². The molecule has 0 saturated carbocycles. The number of hydrogen-bond acceptors (Lipinski definition) is 4. The highest BCUT2D eigenvalue weighted by Crippen LogP contribution is 2.20. The highest BCUT2D eigenvalue weighted by atomic mass is 16.2. The highest BCUT2D eigenvalue weighted by molar-refractivity contribution is 5.93. The Labute approximate surface area is 131 Å². The molecular formula is C17H22N4O. The molecule has 1 atom stereocenters. The average Bonchev–Trinajstić information content (AvgIpc) is 2.53. The molecule has 0 aromatic carbocycles. The van der Waals surface area contributed by atoms with E-state index in [0.29, 0.717) is 5.56 Å². The number of aryl methyl sites for hydroxylation is 1. The zero-order valence-electron chi connectivity index (χ0n) is 13.5. The first kappa shape index (κ1) is 15.9. The smallest absolute Gasteiger partial charge is 0.254 e. The molecule has 0 bridgehead atoms. The van der Waals surface area contributed by atoms with Gasteiger partial charge in [-0.1, -0.05) is 13.0 Å². The van der Waals surface area contributed by atoms with Crippen molar-refractivity contribution in [3.63, 3.8) is 0 Å². The summed E-state index contributed by atoms with van der Waals surface area (Å²) < 4.78 is 0. The van der Waals surface area contributed by atoms with Crippen molar-refractivity contribution < 1.29 is 4.79 Å². The van der Waals surface area contributed by atoms with Gasteiger partial charge in [0.15, 0.2) is 0 Å². The van der Waals surface area contributed by atoms with Crippen LogP contribution < -0.4 is 5.32 Å². The van der Waals surface area contributed by atoms with Crippen molar-refractivity contribution >= 4 is 11.7 Å². The van der Waals surface area contributed by atoms with E-state index in [1.54, 1.807) is 26.4 Å². The molecular weight excluding hydrogens is 276 g/mol. The SMILES string of the molecule is CCC(Nc1ccc(C(=O)N(C)C)cn1)c1ccc(C)cn1. The molecule has 1 N–H and O–H groups in total. The minimum absolute atomic E-state index is 0.0497. The van der Waals surface area contributed by atoms with Crippen molar-refractivity contribution in [2.45, 2.75) is 26.3 Å². The van der Waals surface area contributed by atoms with Gasteiger partial charge in [0, 0.05) is 26.5 Å². The van der Waals surface area contributed by atoms with Crippen molar-refractivity contribution in [1.29, 1.82) is 0 Å². The summed E-state index contributed by atoms with van der Waals surface area (Å²) in [6.45, 7) is 4.12. The molecule has 0 spiro atoms. The third-order valence-corrected chi connectivity index (χ3v) is 3.44. The molecule has 2 heterocycles. The van der Waals surface area contributed by atoms with Crippen LogP contribution in [0.4, 0.5) is 5.82 Å². The minimum atomic E-state index is -0.0497. The van der Waals surface area contributed by atoms with Crippen LogP contribution in [0.3, 0.4) is 0 Å². The van der Waals surface area contributed by atoms with Crippen LogP contribution in [-0.4, -0.2) is 34.9 Å². The molecule has 22 heavy (non-hydrogen) atoms. The first-order chi connectivity index (χ1) is 10.5. The number of amides is 1. The summed E-state index contributed by atoms with van der Waals surface area (Å²) in [5.41, 5.74) is 2.71. The number of rotatable bonds is 5. The van der Waals surface area contributed by atoms with Gasteiger partial charge in [0.25, 0.3) is 5.91 Å². The molecule has 2 aromatic heterocycles. The van der Waals surface area contributed by atoms with Gasteiger partial charge < -0.3 is 10.2 Å². The maximum Gasteiger partial charge on any atom is 0.254 e. The Balaban J connectivity index is 2.11. The molecule has 0 aliphatic heterocycles. The molecule has 5 heteroatoms. The van der Waals surface area contributed by atoms with E-state index in [2.05, 4.69) is 28.3 Å². The van der Waals surface area contributed by atoms with Crippen LogP contribution >= 0.6 is 0 Å². The van der Waals surface area contributed by atoms with Gasteiger partial charge in [0.2, 0.25) is 0 Å². The van der Waals surface area contributed by atoms with Gasteiger partial charge in [-0.25, -0.2) is 4.98 Å². The fourth-order valence-corrected chi connectivity index (χ4v) is 2.11. The minimum Gasteiger partial charge on any atom is -0.362 e. The van der Waals surface area contributed by atoms with Gasteiger partial charge in [-0.15, -0.1) is 0 Å². The van der Waals surface area contributed by atoms with Gasteiger partial charge in [0.1, 0.15) is 5.82 Å². The predicted octanol–water partition coefficient (Wildman–Crippen LogP) is 3.05. The van der Waals surface area contributed by atoms with E-state index in [1.165, 1.54) is 4.90 Å². The Kier molecular flexibility index (Phi) is 5.09. The second-order valence-corrected chi connectivity index (χ2v) is 5.50. The van der Waals surface area contributed by atoms with E-state index in [-0.39, 0.29) is 11.9 Å². The Morgan fingerprint density at radius 1 is 1.18 bits per heavy atom. The number of aromatic nitrogens is 2. The average molecular weight is 298 g/mol. The molecule has 2 aromatic rings. The molecule has 0 fully saturated rings. The van der Waals surface area contributed by atoms with E-state index >= 15 is 0 Å². The zero-order chi connectivity index (χ0) is 16.1. The number of anilines is 1. The molecule has 1 unspecified atom stereocenters. The topological polar surface area (TPSA) is 58.1 Å². The maximum absolute atomic E-state index is 11.8. The van der Waals surface area contributed by atoms with E-state index in [4.69, 9.17) is 0 Å². The highest BCUT2D eigenvalue weighted by Gasteiger charge is 2.12. The Hall–Kier alpha value is -2.43. The van der Waals surface area contributed by atoms with Crippen LogP contribution in [0.1, 0.15) is 41.0 Å². The van der Waals surface area contributed by atoms with Gasteiger partial charge >= 0.3 is 0 Å². The second kappa shape index (κ2) is 7.02. The molecule has 0 radical (unpaired) electrons. The lowest BCUT2D eigenvalue weighted by Crippen LogP contribution is -2.21. The van der Waals surface area contributed by atoms with Crippen molar-refractivity contribution in [2.75, 3.05) is 19.4 Å². The Bertz CT molecular complexity index is 620. The van der Waals surface area contributed by atoms with Gasteiger partial charge in [-0.3, -0.25) is 9.78 Å². The summed E-state index contributed by atoms with van der Waals surface area (Å²) in [6.07, 6.45) is 4.36. The lowest BCUT2D eigenvalue weighted by Gasteiger charge is -2.17. The third kappa shape index (κ3) is 3.81. The quantitative estimate of drug-likeness (QED) is 0.921. The summed E-state index contributed by atoms with van der Waals surface area (Å²) in [6, 6.07) is 7.79. The van der Waals surface area contributed by atoms with Gasteiger partial charge in [0.05, 0.1) is 17.3 Å². The summed E-state index contributed by atoms with van der Waals surface area (Å²) in [4.78, 5) is 22.2. The predicted molar refractivity (Wildman–Crippen MR) is 87.9 cm³/mol. The molecule has 2 rings (SSSR count). The molecule has 0 aliphatic carbocycles. The molecule has 116 valence electrons. The Morgan fingerprint density at radius 2 is 1.95 bits per heavy atom. The monoisotopic (exact) mass is 298 g/mol. The fraction of sp³-hybridized carbons (Fsp3) is 0.353.